The summed E-state index contributed by atoms with van der Waals surface area (Å²) in [6.45, 7) is 17.5. The first kappa shape index (κ1) is 90.8. The predicted molar refractivity (Wildman–Crippen MR) is 514 cm³/mol. The molecule has 17 heteroatoms. The summed E-state index contributed by atoms with van der Waals surface area (Å²) < 4.78 is 32.7. The third-order valence-electron chi connectivity index (χ3n) is 21.7. The van der Waals surface area contributed by atoms with E-state index in [1.807, 2.05) is 206 Å². The normalized spacial score (nSPS) is 10.6. The number of benzene rings is 12. The molecule has 0 aliphatic rings. The number of rotatable bonds is 22. The van der Waals surface area contributed by atoms with Crippen LogP contribution in [0.2, 0.25) is 0 Å². The summed E-state index contributed by atoms with van der Waals surface area (Å²) in [5.41, 5.74) is 31.2. The maximum absolute atomic E-state index is 13.9. The number of aryl methyl sites for hydroxylation is 8. The van der Waals surface area contributed by atoms with Gasteiger partial charge in [-0.3, -0.25) is 39.1 Å². The van der Waals surface area contributed by atoms with Crippen LogP contribution >= 0.6 is 0 Å². The van der Waals surface area contributed by atoms with Crippen molar-refractivity contribution in [2.24, 2.45) is 0 Å². The number of pyridine rings is 4. The zero-order valence-corrected chi connectivity index (χ0v) is 74.1. The second kappa shape index (κ2) is 43.1. The SMILES string of the molecule is COc1cccc(-c2cc(C(=O)NCc3ccc(C)nc3)cc(-c3ccc(C)cc3)c2)c1.Cc1ccc(-c2cc(C(=O)NCc3ccc(C)nc3)cc(-c3ccc(C#N)cc3)c2)cc1.Cc1ccc(-c2cc(C(=O)NCc3ccc(C)nc3)cc(-c3ccc(F)c(F)c3)c2)cc1.Cc1ccc(-c2cc(C(=O)NCc3ccc(C)nc3)cc(-c3cccc(N(C)C)c3)c2)cc1. The molecule has 12 aromatic carbocycles. The zero-order chi connectivity index (χ0) is 91.0. The first-order valence-corrected chi connectivity index (χ1v) is 42.4. The van der Waals surface area contributed by atoms with Crippen LogP contribution in [-0.2, 0) is 26.2 Å². The lowest BCUT2D eigenvalue weighted by Gasteiger charge is -2.15. The fourth-order valence-corrected chi connectivity index (χ4v) is 14.1. The Morgan fingerprint density at radius 1 is 0.302 bits per heavy atom. The van der Waals surface area contributed by atoms with E-state index in [1.165, 1.54) is 22.8 Å². The highest BCUT2D eigenvalue weighted by molar-refractivity contribution is 6.00. The summed E-state index contributed by atoms with van der Waals surface area (Å²) in [4.78, 5) is 71.4. The van der Waals surface area contributed by atoms with E-state index < -0.39 is 11.6 Å². The molecule has 0 spiro atoms. The summed E-state index contributed by atoms with van der Waals surface area (Å²) >= 11 is 0. The van der Waals surface area contributed by atoms with Crippen molar-refractivity contribution in [2.75, 3.05) is 26.1 Å². The molecule has 642 valence electrons. The second-order valence-electron chi connectivity index (χ2n) is 32.1. The summed E-state index contributed by atoms with van der Waals surface area (Å²) in [6.07, 6.45) is 7.10. The topological polar surface area (TPSA) is 204 Å². The zero-order valence-electron chi connectivity index (χ0n) is 74.1. The quantitative estimate of drug-likeness (QED) is 0.0502. The number of anilines is 1. The molecule has 0 aliphatic heterocycles. The Morgan fingerprint density at radius 2 is 0.574 bits per heavy atom. The Labute approximate surface area is 753 Å². The Bertz CT molecular complexity index is 6660. The number of methoxy groups -OCH3 is 1. The van der Waals surface area contributed by atoms with Crippen LogP contribution in [0.5, 0.6) is 5.75 Å². The van der Waals surface area contributed by atoms with Crippen molar-refractivity contribution < 1.29 is 32.7 Å². The van der Waals surface area contributed by atoms with Gasteiger partial charge in [-0.15, -0.1) is 0 Å². The van der Waals surface area contributed by atoms with E-state index >= 15 is 0 Å². The fraction of sp³-hybridized carbons (Fsp3) is 0.134. The lowest BCUT2D eigenvalue weighted by Crippen LogP contribution is -2.23. The Balaban J connectivity index is 0.000000147. The first-order valence-electron chi connectivity index (χ1n) is 42.4. The number of carbonyl (C=O) groups is 4. The van der Waals surface area contributed by atoms with Crippen molar-refractivity contribution in [1.29, 1.82) is 5.26 Å². The molecule has 15 nitrogen and oxygen atoms in total. The van der Waals surface area contributed by atoms with Crippen molar-refractivity contribution in [1.82, 2.24) is 41.2 Å². The van der Waals surface area contributed by atoms with Gasteiger partial charge in [0, 0.05) is 116 Å². The van der Waals surface area contributed by atoms with Crippen molar-refractivity contribution >= 4 is 29.3 Å². The molecule has 4 heterocycles. The summed E-state index contributed by atoms with van der Waals surface area (Å²) in [5.74, 6) is -1.69. The first-order chi connectivity index (χ1) is 62.3. The third kappa shape index (κ3) is 25.4. The highest BCUT2D eigenvalue weighted by atomic mass is 19.2. The minimum absolute atomic E-state index is 0.102. The molecule has 4 amide bonds. The molecular formula is C112H100F2N10O5. The monoisotopic (exact) mass is 1700 g/mol. The third-order valence-corrected chi connectivity index (χ3v) is 21.7. The van der Waals surface area contributed by atoms with Gasteiger partial charge in [0.15, 0.2) is 11.6 Å². The standard InChI is InChI=1S/C29H29N3O.C28H23N3O.C28H26N2O2.C27H22F2N2O/c1-20-8-12-23(13-9-20)25-14-26(24-6-5-7-28(17-24)32(3)4)16-27(15-25)29(33)31-19-22-11-10-21(2)30-18-22;1-19-3-9-23(10-4-19)25-13-26(24-11-7-21(16-29)8-12-24)15-27(14-25)28(32)31-18-22-6-5-20(2)30-17-22;1-19-7-11-22(12-8-19)24-13-25(23-5-4-6-27(16-23)32-3)15-26(14-24)28(31)30-18-21-10-9-20(2)29-17-21;1-17-3-7-20(8-4-17)22-11-23(21-9-10-25(28)26(29)14-21)13-24(12-22)27(32)31-16-19-6-5-18(2)30-15-19/h5-18H,19H2,1-4H3,(H,31,33);3-15,17H,18H2,1-2H3,(H,31,32);4-17H,18H2,1-3H3,(H,30,31);3-15H,16H2,1-2H3,(H,31,32). The lowest BCUT2D eigenvalue weighted by molar-refractivity contribution is 0.0943. The number of ether oxygens (including phenoxy) is 1. The molecule has 0 atom stereocenters. The number of amides is 4. The van der Waals surface area contributed by atoms with Gasteiger partial charge in [0.05, 0.1) is 18.7 Å². The molecule has 16 rings (SSSR count). The average molecular weight is 1700 g/mol. The molecular weight excluding hydrogens is 1600 g/mol. The lowest BCUT2D eigenvalue weighted by atomic mass is 9.95. The van der Waals surface area contributed by atoms with Crippen LogP contribution < -0.4 is 30.9 Å². The van der Waals surface area contributed by atoms with E-state index in [9.17, 15) is 28.0 Å². The van der Waals surface area contributed by atoms with Crippen LogP contribution in [0, 0.1) is 78.4 Å². The van der Waals surface area contributed by atoms with E-state index in [-0.39, 0.29) is 23.6 Å². The highest BCUT2D eigenvalue weighted by Crippen LogP contribution is 2.36. The van der Waals surface area contributed by atoms with Gasteiger partial charge in [0.1, 0.15) is 5.75 Å². The fourth-order valence-electron chi connectivity index (χ4n) is 14.1. The van der Waals surface area contributed by atoms with Gasteiger partial charge in [-0.1, -0.05) is 186 Å². The van der Waals surface area contributed by atoms with Crippen LogP contribution in [0.15, 0.2) is 334 Å². The molecule has 0 bridgehead atoms. The van der Waals surface area contributed by atoms with E-state index in [0.29, 0.717) is 65.1 Å². The minimum Gasteiger partial charge on any atom is -0.497 e. The van der Waals surface area contributed by atoms with E-state index in [2.05, 4.69) is 182 Å². The van der Waals surface area contributed by atoms with Crippen molar-refractivity contribution in [2.45, 2.75) is 81.6 Å². The van der Waals surface area contributed by atoms with Crippen LogP contribution in [0.4, 0.5) is 14.5 Å². The molecule has 4 N–H and O–H groups in total. The van der Waals surface area contributed by atoms with Crippen molar-refractivity contribution in [3.05, 3.63) is 441 Å². The number of nitriles is 1. The highest BCUT2D eigenvalue weighted by Gasteiger charge is 2.19. The van der Waals surface area contributed by atoms with Crippen LogP contribution in [0.25, 0.3) is 89.0 Å². The smallest absolute Gasteiger partial charge is 0.251 e. The molecule has 0 saturated carbocycles. The van der Waals surface area contributed by atoms with Gasteiger partial charge >= 0.3 is 0 Å². The maximum Gasteiger partial charge on any atom is 0.251 e. The van der Waals surface area contributed by atoms with Gasteiger partial charge < -0.3 is 30.9 Å². The molecule has 129 heavy (non-hydrogen) atoms. The van der Waals surface area contributed by atoms with Gasteiger partial charge in [-0.2, -0.15) is 5.26 Å². The number of aromatic nitrogens is 4. The Hall–Kier alpha value is -15.9. The minimum atomic E-state index is -0.930. The average Bonchev–Trinajstić information content (AvgIpc) is 0.812. The number of carbonyl (C=O) groups excluding carboxylic acids is 4. The van der Waals surface area contributed by atoms with Gasteiger partial charge in [-0.05, 0) is 312 Å². The Kier molecular flexibility index (Phi) is 30.3. The second-order valence-corrected chi connectivity index (χ2v) is 32.1. The summed E-state index contributed by atoms with van der Waals surface area (Å²) in [5, 5.41) is 21.1. The van der Waals surface area contributed by atoms with Gasteiger partial charge in [0.2, 0.25) is 0 Å². The molecule has 0 aliphatic carbocycles. The number of hydrogen-bond donors (Lipinski definition) is 4. The van der Waals surface area contributed by atoms with Crippen LogP contribution in [0.1, 0.15) is 114 Å². The Morgan fingerprint density at radius 3 is 0.845 bits per heavy atom. The number of nitrogens with one attached hydrogen (secondary N) is 4. The number of halogens is 2. The van der Waals surface area contributed by atoms with E-state index in [1.54, 1.807) is 56.2 Å². The van der Waals surface area contributed by atoms with Gasteiger partial charge in [-0.25, -0.2) is 8.78 Å². The van der Waals surface area contributed by atoms with Crippen LogP contribution in [-0.4, -0.2) is 64.8 Å². The largest absolute Gasteiger partial charge is 0.497 e. The molecule has 0 saturated heterocycles. The molecule has 0 fully saturated rings. The molecule has 0 unspecified atom stereocenters. The maximum atomic E-state index is 13.9. The van der Waals surface area contributed by atoms with Gasteiger partial charge in [0.25, 0.3) is 23.6 Å². The van der Waals surface area contributed by atoms with Crippen molar-refractivity contribution in [3.8, 4) is 101 Å². The molecule has 16 aromatic rings. The number of hydrogen-bond acceptors (Lipinski definition) is 11. The van der Waals surface area contributed by atoms with Crippen molar-refractivity contribution in [3.63, 3.8) is 0 Å². The summed E-state index contributed by atoms with van der Waals surface area (Å²) in [7, 11) is 5.71. The molecule has 4 aromatic heterocycles. The predicted octanol–water partition coefficient (Wildman–Crippen LogP) is 24.1. The summed E-state index contributed by atoms with van der Waals surface area (Å²) in [6, 6.07) is 101. The molecule has 0 radical (unpaired) electrons. The van der Waals surface area contributed by atoms with E-state index in [0.717, 1.165) is 152 Å². The number of nitrogens with zero attached hydrogens (tertiary/aromatic N) is 6. The van der Waals surface area contributed by atoms with E-state index in [4.69, 9.17) is 10.00 Å². The van der Waals surface area contributed by atoms with Crippen LogP contribution in [0.3, 0.4) is 0 Å².